The molecule has 1 saturated heterocycles. The van der Waals surface area contributed by atoms with E-state index in [1.165, 1.54) is 5.56 Å². The zero-order valence-electron chi connectivity index (χ0n) is 15.0. The average molecular weight is 330 g/mol. The molecule has 1 saturated carbocycles. The van der Waals surface area contributed by atoms with Gasteiger partial charge in [-0.05, 0) is 30.7 Å². The largest absolute Gasteiger partial charge is 0.366 e. The molecule has 2 fully saturated rings. The van der Waals surface area contributed by atoms with Crippen LogP contribution in [0.2, 0.25) is 0 Å². The number of hydrogen-bond donors (Lipinski definition) is 0. The Labute approximate surface area is 145 Å². The van der Waals surface area contributed by atoms with E-state index in [4.69, 9.17) is 4.74 Å². The van der Waals surface area contributed by atoms with Gasteiger partial charge < -0.3 is 9.64 Å². The molecule has 1 aliphatic carbocycles. The number of hydrogen-bond acceptors (Lipinski definition) is 3. The van der Waals surface area contributed by atoms with Crippen molar-refractivity contribution in [3.8, 4) is 0 Å². The normalized spacial score (nSPS) is 21.9. The predicted molar refractivity (Wildman–Crippen MR) is 95.6 cm³/mol. The second kappa shape index (κ2) is 8.13. The number of morpholine rings is 1. The molecular weight excluding hydrogens is 300 g/mol. The molecule has 1 aromatic rings. The topological polar surface area (TPSA) is 32.8 Å². The van der Waals surface area contributed by atoms with E-state index in [2.05, 4.69) is 47.9 Å². The first-order valence-electron chi connectivity index (χ1n) is 9.32. The first-order valence-corrected chi connectivity index (χ1v) is 9.32. The summed E-state index contributed by atoms with van der Waals surface area (Å²) in [6.07, 6.45) is 3.09. The van der Waals surface area contributed by atoms with Gasteiger partial charge >= 0.3 is 0 Å². The third-order valence-electron chi connectivity index (χ3n) is 4.89. The fourth-order valence-corrected chi connectivity index (χ4v) is 3.28. The number of carbonyl (C=O) groups is 1. The molecule has 4 heteroatoms. The lowest BCUT2D eigenvalue weighted by atomic mass is 10.1. The van der Waals surface area contributed by atoms with Gasteiger partial charge in [-0.15, -0.1) is 0 Å². The van der Waals surface area contributed by atoms with Crippen LogP contribution < -0.4 is 0 Å². The van der Waals surface area contributed by atoms with Crippen LogP contribution in [-0.2, 0) is 16.1 Å². The van der Waals surface area contributed by atoms with Crippen LogP contribution >= 0.6 is 0 Å². The first kappa shape index (κ1) is 17.4. The van der Waals surface area contributed by atoms with Crippen LogP contribution in [0.5, 0.6) is 0 Å². The smallest absolute Gasteiger partial charge is 0.253 e. The summed E-state index contributed by atoms with van der Waals surface area (Å²) in [7, 11) is 0. The lowest BCUT2D eigenvalue weighted by molar-refractivity contribution is -0.150. The minimum absolute atomic E-state index is 0.205. The first-order chi connectivity index (χ1) is 11.6. The molecule has 4 nitrogen and oxygen atoms in total. The zero-order valence-corrected chi connectivity index (χ0v) is 15.0. The van der Waals surface area contributed by atoms with E-state index in [9.17, 15) is 4.79 Å². The molecule has 3 rings (SSSR count). The molecule has 2 aliphatic rings. The summed E-state index contributed by atoms with van der Waals surface area (Å²) in [6, 6.07) is 10.9. The Morgan fingerprint density at radius 2 is 2.04 bits per heavy atom. The third-order valence-corrected chi connectivity index (χ3v) is 4.89. The third kappa shape index (κ3) is 4.81. The Hall–Kier alpha value is -1.39. The lowest BCUT2D eigenvalue weighted by Crippen LogP contribution is -2.51. The summed E-state index contributed by atoms with van der Waals surface area (Å²) < 4.78 is 5.84. The van der Waals surface area contributed by atoms with E-state index >= 15 is 0 Å². The maximum absolute atomic E-state index is 13.0. The van der Waals surface area contributed by atoms with Gasteiger partial charge in [0.2, 0.25) is 0 Å². The van der Waals surface area contributed by atoms with Crippen molar-refractivity contribution >= 4 is 5.91 Å². The summed E-state index contributed by atoms with van der Waals surface area (Å²) in [5.74, 6) is 0.830. The monoisotopic (exact) mass is 330 g/mol. The molecule has 0 unspecified atom stereocenters. The van der Waals surface area contributed by atoms with Crippen LogP contribution in [0.25, 0.3) is 0 Å². The SMILES string of the molecule is CC(C)CCN(C(=O)[C@H]1CN(Cc2ccccc2)CCO1)C1CC1. The van der Waals surface area contributed by atoms with E-state index in [1.54, 1.807) is 0 Å². The van der Waals surface area contributed by atoms with E-state index in [0.29, 0.717) is 25.1 Å². The van der Waals surface area contributed by atoms with Gasteiger partial charge in [0.25, 0.3) is 5.91 Å². The summed E-state index contributed by atoms with van der Waals surface area (Å²) in [5, 5.41) is 0. The Morgan fingerprint density at radius 1 is 1.29 bits per heavy atom. The molecule has 1 atom stereocenters. The maximum atomic E-state index is 13.0. The highest BCUT2D eigenvalue weighted by atomic mass is 16.5. The average Bonchev–Trinajstić information content (AvgIpc) is 3.41. The molecule has 0 radical (unpaired) electrons. The Morgan fingerprint density at radius 3 is 2.71 bits per heavy atom. The molecule has 0 bridgehead atoms. The summed E-state index contributed by atoms with van der Waals surface area (Å²) in [4.78, 5) is 17.4. The summed E-state index contributed by atoms with van der Waals surface area (Å²) in [6.45, 7) is 8.45. The molecule has 0 N–H and O–H groups in total. The lowest BCUT2D eigenvalue weighted by Gasteiger charge is -2.35. The quantitative estimate of drug-likeness (QED) is 0.771. The number of nitrogens with zero attached hydrogens (tertiary/aromatic N) is 2. The Balaban J connectivity index is 1.57. The second-order valence-corrected chi connectivity index (χ2v) is 7.53. The number of rotatable bonds is 7. The highest BCUT2D eigenvalue weighted by Crippen LogP contribution is 2.29. The van der Waals surface area contributed by atoms with Crippen molar-refractivity contribution in [1.29, 1.82) is 0 Å². The van der Waals surface area contributed by atoms with Gasteiger partial charge in [0.05, 0.1) is 6.61 Å². The number of carbonyl (C=O) groups excluding carboxylic acids is 1. The van der Waals surface area contributed by atoms with Crippen molar-refractivity contribution in [3.63, 3.8) is 0 Å². The summed E-state index contributed by atoms with van der Waals surface area (Å²) >= 11 is 0. The van der Waals surface area contributed by atoms with Crippen LogP contribution in [-0.4, -0.2) is 54.1 Å². The molecule has 0 aromatic heterocycles. The van der Waals surface area contributed by atoms with Gasteiger partial charge in [-0.2, -0.15) is 0 Å². The van der Waals surface area contributed by atoms with Gasteiger partial charge in [-0.25, -0.2) is 0 Å². The van der Waals surface area contributed by atoms with Crippen LogP contribution in [0, 0.1) is 5.92 Å². The van der Waals surface area contributed by atoms with Crippen molar-refractivity contribution < 1.29 is 9.53 Å². The van der Waals surface area contributed by atoms with Gasteiger partial charge in [-0.1, -0.05) is 44.2 Å². The Bertz CT molecular complexity index is 528. The molecule has 24 heavy (non-hydrogen) atoms. The van der Waals surface area contributed by atoms with Crippen LogP contribution in [0.4, 0.5) is 0 Å². The minimum atomic E-state index is -0.296. The highest BCUT2D eigenvalue weighted by Gasteiger charge is 2.37. The standard InChI is InChI=1S/C20H30N2O2/c1-16(2)10-11-22(18-8-9-18)20(23)19-15-21(12-13-24-19)14-17-6-4-3-5-7-17/h3-7,16,18-19H,8-15H2,1-2H3/t19-/m1/s1. The number of ether oxygens (including phenoxy) is 1. The van der Waals surface area contributed by atoms with Crippen molar-refractivity contribution in [2.75, 3.05) is 26.2 Å². The fourth-order valence-electron chi connectivity index (χ4n) is 3.28. The van der Waals surface area contributed by atoms with Gasteiger partial charge in [-0.3, -0.25) is 9.69 Å². The number of amides is 1. The molecule has 1 aromatic carbocycles. The van der Waals surface area contributed by atoms with Crippen LogP contribution in [0.1, 0.15) is 38.7 Å². The van der Waals surface area contributed by atoms with Crippen LogP contribution in [0.3, 0.4) is 0 Å². The second-order valence-electron chi connectivity index (χ2n) is 7.53. The zero-order chi connectivity index (χ0) is 16.9. The van der Waals surface area contributed by atoms with Crippen molar-refractivity contribution in [3.05, 3.63) is 35.9 Å². The predicted octanol–water partition coefficient (Wildman–Crippen LogP) is 2.92. The van der Waals surface area contributed by atoms with Crippen LogP contribution in [0.15, 0.2) is 30.3 Å². The van der Waals surface area contributed by atoms with E-state index in [0.717, 1.165) is 38.9 Å². The van der Waals surface area contributed by atoms with E-state index < -0.39 is 0 Å². The van der Waals surface area contributed by atoms with Gasteiger partial charge in [0.15, 0.2) is 0 Å². The van der Waals surface area contributed by atoms with Gasteiger partial charge in [0.1, 0.15) is 6.10 Å². The number of benzene rings is 1. The highest BCUT2D eigenvalue weighted by molar-refractivity contribution is 5.82. The summed E-state index contributed by atoms with van der Waals surface area (Å²) in [5.41, 5.74) is 1.30. The molecule has 1 amide bonds. The molecule has 1 aliphatic heterocycles. The molecule has 132 valence electrons. The fraction of sp³-hybridized carbons (Fsp3) is 0.650. The van der Waals surface area contributed by atoms with E-state index in [-0.39, 0.29) is 12.0 Å². The maximum Gasteiger partial charge on any atom is 0.253 e. The molecular formula is C20H30N2O2. The van der Waals surface area contributed by atoms with Crippen molar-refractivity contribution in [1.82, 2.24) is 9.80 Å². The molecule has 0 spiro atoms. The minimum Gasteiger partial charge on any atom is -0.366 e. The Kier molecular flexibility index (Phi) is 5.90. The van der Waals surface area contributed by atoms with Gasteiger partial charge in [0, 0.05) is 32.2 Å². The van der Waals surface area contributed by atoms with E-state index in [1.807, 2.05) is 6.07 Å². The molecule has 1 heterocycles. The van der Waals surface area contributed by atoms with Crippen molar-refractivity contribution in [2.24, 2.45) is 5.92 Å². The van der Waals surface area contributed by atoms with Crippen molar-refractivity contribution in [2.45, 2.75) is 51.8 Å².